The number of hydrogen-bond donors (Lipinski definition) is 4. The number of ketones is 1. The van der Waals surface area contributed by atoms with Crippen LogP contribution in [-0.4, -0.2) is 115 Å². The van der Waals surface area contributed by atoms with Crippen LogP contribution in [0.25, 0.3) is 10.6 Å². The third kappa shape index (κ3) is 35.4. The van der Waals surface area contributed by atoms with Crippen molar-refractivity contribution < 1.29 is 24.5 Å². The number of nitrogens with zero attached hydrogens (tertiary/aromatic N) is 6. The molecule has 13 nitrogen and oxygen atoms in total. The van der Waals surface area contributed by atoms with Crippen LogP contribution < -0.4 is 31.1 Å². The lowest BCUT2D eigenvalue weighted by molar-refractivity contribution is -0.120. The van der Waals surface area contributed by atoms with Crippen molar-refractivity contribution in [1.29, 1.82) is 5.26 Å². The Kier molecular flexibility index (Phi) is 52.0. The van der Waals surface area contributed by atoms with E-state index in [2.05, 4.69) is 152 Å². The molecule has 2 saturated heterocycles. The number of aromatic nitrogens is 1. The molecule has 3 fully saturated rings. The maximum absolute atomic E-state index is 10.7. The molecule has 2 aliphatic heterocycles. The summed E-state index contributed by atoms with van der Waals surface area (Å²) in [7, 11) is 32.6. The van der Waals surface area contributed by atoms with Gasteiger partial charge in [-0.1, -0.05) is 82.5 Å². The van der Waals surface area contributed by atoms with E-state index in [0.29, 0.717) is 16.9 Å². The minimum Gasteiger partial charge on any atom is -0.400 e. The Balaban J connectivity index is 0.00000115. The summed E-state index contributed by atoms with van der Waals surface area (Å²) in [6.07, 6.45) is 8.40. The number of aryl methyl sites for hydroxylation is 11. The number of hydrogen-bond acceptors (Lipinski definition) is 17. The van der Waals surface area contributed by atoms with Crippen molar-refractivity contribution >= 4 is 220 Å². The van der Waals surface area contributed by atoms with Gasteiger partial charge in [0.05, 0.1) is 41.4 Å². The smallest absolute Gasteiger partial charge is 0.164 e. The highest BCUT2D eigenvalue weighted by Crippen LogP contribution is 2.69. The topological polar surface area (TPSA) is 181 Å². The molecule has 1 aromatic heterocycles. The van der Waals surface area contributed by atoms with Gasteiger partial charge in [0.1, 0.15) is 16.1 Å². The Morgan fingerprint density at radius 3 is 1.43 bits per heavy atom. The first kappa shape index (κ1) is 99.1. The maximum atomic E-state index is 10.7. The molecule has 2 aliphatic carbocycles. The highest BCUT2D eigenvalue weighted by Gasteiger charge is 2.46. The van der Waals surface area contributed by atoms with Gasteiger partial charge in [-0.05, 0) is 304 Å². The quantitative estimate of drug-likeness (QED) is 0.0464. The van der Waals surface area contributed by atoms with Crippen molar-refractivity contribution in [1.82, 2.24) is 4.98 Å². The standard InChI is InChI=1S/C17H22N2OS.C11H16N2S.C11H14N2.C10H14BrN.C8H10BrN.C6H8O2.C4H8O.CH4O.2CH4.P4S10/c1-10-8-12(9-11(2)15(10)19(3)4)17-18-13-6-5-7-14(20)16(13)21-17;1-7-5-9(11(12)14)6-8(2)10(7)13(3)4;1-8-5-10(7-12)6-9(2)11(8)13(3)4;1-7-5-9(11)6-8(2)10(7)12(3)4;1-5-3-7(9)4-6(2)8(5)10;7-4-2-1-3-5-6(4)8-5;1-2-4-5-3-1;1-2;;;5-1-4(2-6)3-8-10-12-14-13-11-9-7/h8-9,14,20H,5-7H2,1-4H3;5-6H,1-4H3,(H2,12,14);5-6H,1-4H3;5-6H,1-4H3;3-4H,10H2,1-2H3;5-6H,1-3H2;1-4H2;2H,1H3;2*1H4;. The van der Waals surface area contributed by atoms with Gasteiger partial charge in [0.25, 0.3) is 0 Å². The normalized spacial score (nSPS) is 14.8. The van der Waals surface area contributed by atoms with Crippen LogP contribution in [0.4, 0.5) is 28.4 Å². The molecule has 3 heterocycles. The average Bonchev–Trinajstić information content (AvgIpc) is 1.69. The summed E-state index contributed by atoms with van der Waals surface area (Å²) in [5.41, 5.74) is 33.4. The summed E-state index contributed by atoms with van der Waals surface area (Å²) in [5, 5.41) is 26.9. The number of carbonyl (C=O) groups excluding carboxylic acids is 1. The Labute approximate surface area is 672 Å². The summed E-state index contributed by atoms with van der Waals surface area (Å²) in [4.78, 5) is 25.5. The maximum Gasteiger partial charge on any atom is 0.164 e. The van der Waals surface area contributed by atoms with Crippen molar-refractivity contribution in [3.63, 3.8) is 0 Å². The molecule has 560 valence electrons. The van der Waals surface area contributed by atoms with Gasteiger partial charge in [-0.15, -0.1) is 11.3 Å². The lowest BCUT2D eigenvalue weighted by Crippen LogP contribution is -2.15. The first-order chi connectivity index (χ1) is 46.8. The highest BCUT2D eigenvalue weighted by atomic mass is 79.9. The molecule has 6 N–H and O–H groups in total. The van der Waals surface area contributed by atoms with Crippen LogP contribution >= 0.6 is 83.5 Å². The van der Waals surface area contributed by atoms with Crippen molar-refractivity contribution in [2.45, 2.75) is 154 Å². The minimum absolute atomic E-state index is 0. The van der Waals surface area contributed by atoms with Crippen LogP contribution in [0.1, 0.15) is 143 Å². The van der Waals surface area contributed by atoms with E-state index in [1.54, 1.807) is 55.7 Å². The van der Waals surface area contributed by atoms with Crippen molar-refractivity contribution in [3.8, 4) is 16.6 Å². The molecular formula is C70H104Br2N8O5P4S12. The zero-order chi connectivity index (χ0) is 74.8. The van der Waals surface area contributed by atoms with Gasteiger partial charge in [-0.3, -0.25) is 4.79 Å². The molecule has 0 radical (unpaired) electrons. The van der Waals surface area contributed by atoms with Crippen molar-refractivity contribution in [3.05, 3.63) is 147 Å². The molecule has 5 aromatic carbocycles. The summed E-state index contributed by atoms with van der Waals surface area (Å²) >= 11 is 28.1. The molecule has 31 heteroatoms. The molecule has 0 spiro atoms. The summed E-state index contributed by atoms with van der Waals surface area (Å²) in [6.45, 7) is 22.6. The number of ether oxygens (including phenoxy) is 2. The average molecular weight is 1810 g/mol. The van der Waals surface area contributed by atoms with Gasteiger partial charge in [0.15, 0.2) is 5.78 Å². The zero-order valence-electron chi connectivity index (χ0n) is 60.0. The van der Waals surface area contributed by atoms with Crippen LogP contribution in [-0.2, 0) is 118 Å². The van der Waals surface area contributed by atoms with E-state index >= 15 is 0 Å². The van der Waals surface area contributed by atoms with E-state index in [4.69, 9.17) is 83.3 Å². The lowest BCUT2D eigenvalue weighted by atomic mass is 10.00. The third-order valence-electron chi connectivity index (χ3n) is 14.9. The number of anilines is 5. The number of aliphatic hydroxyl groups is 2. The van der Waals surface area contributed by atoms with Crippen molar-refractivity contribution in [2.24, 2.45) is 5.73 Å². The molecule has 3 atom stereocenters. The molecule has 101 heavy (non-hydrogen) atoms. The number of benzene rings is 5. The number of nitriles is 1. The summed E-state index contributed by atoms with van der Waals surface area (Å²) < 4.78 is 12.2. The minimum atomic E-state index is -0.316. The van der Waals surface area contributed by atoms with Crippen LogP contribution in [0.15, 0.2) is 69.6 Å². The van der Waals surface area contributed by atoms with Gasteiger partial charge >= 0.3 is 0 Å². The third-order valence-corrected chi connectivity index (χ3v) is 51.1. The molecular weight excluding hydrogens is 1700 g/mol. The number of aliphatic hydroxyl groups excluding tert-OH is 2. The highest BCUT2D eigenvalue weighted by molar-refractivity contribution is 9.10. The number of thiocarbonyl (C=S) groups is 1. The van der Waals surface area contributed by atoms with Crippen LogP contribution in [0, 0.1) is 80.6 Å². The molecule has 4 aliphatic rings. The second-order valence-electron chi connectivity index (χ2n) is 23.8. The number of Topliss-reactive ketones (excluding diaryl/α,β-unsaturated/α-hetero) is 1. The van der Waals surface area contributed by atoms with E-state index < -0.39 is 0 Å². The van der Waals surface area contributed by atoms with E-state index in [-0.39, 0.29) is 34.0 Å². The monoisotopic (exact) mass is 1800 g/mol. The fraction of sp³-hybridized carbons (Fsp3) is 0.486. The predicted octanol–water partition coefficient (Wildman–Crippen LogP) is 19.5. The molecule has 1 saturated carbocycles. The van der Waals surface area contributed by atoms with Gasteiger partial charge in [0.2, 0.25) is 0 Å². The summed E-state index contributed by atoms with van der Waals surface area (Å²) in [5.74, 6) is 0.321. The van der Waals surface area contributed by atoms with Crippen LogP contribution in [0.5, 0.6) is 0 Å². The van der Waals surface area contributed by atoms with Gasteiger partial charge < -0.3 is 50.8 Å². The van der Waals surface area contributed by atoms with E-state index in [1.165, 1.54) is 90.5 Å². The molecule has 3 unspecified atom stereocenters. The first-order valence-electron chi connectivity index (χ1n) is 31.2. The lowest BCUT2D eigenvalue weighted by Gasteiger charge is -2.19. The van der Waals surface area contributed by atoms with Crippen molar-refractivity contribution in [2.75, 3.05) is 102 Å². The molecule has 0 bridgehead atoms. The fourth-order valence-electron chi connectivity index (χ4n) is 11.3. The number of nitrogen functional groups attached to an aromatic ring is 1. The van der Waals surface area contributed by atoms with E-state index in [9.17, 15) is 9.90 Å². The second kappa shape index (κ2) is 53.0. The Bertz CT molecular complexity index is 3970. The Morgan fingerprint density at radius 1 is 0.644 bits per heavy atom. The number of fused-ring (bicyclic) bond motifs is 2. The number of halogens is 2. The molecule has 0 amide bonds. The number of thiazole rings is 1. The second-order valence-corrected chi connectivity index (χ2v) is 53.0. The van der Waals surface area contributed by atoms with E-state index in [1.807, 2.05) is 102 Å². The van der Waals surface area contributed by atoms with Crippen LogP contribution in [0.3, 0.4) is 0 Å². The molecule has 6 aromatic rings. The number of nitrogens with two attached hydrogens (primary N) is 2. The predicted molar refractivity (Wildman–Crippen MR) is 487 cm³/mol. The Morgan fingerprint density at radius 2 is 1.05 bits per heavy atom. The van der Waals surface area contributed by atoms with Crippen LogP contribution in [0.2, 0.25) is 0 Å². The van der Waals surface area contributed by atoms with Gasteiger partial charge in [-0.25, -0.2) is 4.98 Å². The number of carbonyl (C=O) groups is 1. The molecule has 10 rings (SSSR count). The van der Waals surface area contributed by atoms with Gasteiger partial charge in [-0.2, -0.15) is 5.26 Å². The first-order valence-corrected chi connectivity index (χ1v) is 52.5. The number of epoxide rings is 1. The summed E-state index contributed by atoms with van der Waals surface area (Å²) in [6, 6.07) is 22.8. The SMILES string of the molecule is C.C.C1CCOC1.CO.Cc1cc(-c2nc3c(s2)C(O)CCC3)cc(C)c1N(C)C.Cc1cc(Br)cc(C)c1N.Cc1cc(Br)cc(C)c1N(C)C.Cc1cc(C#N)cc(C)c1N(C)C.Cc1cc(C(N)=S)cc(C)c1N(C)C.O=C1CCCC2OC12.S=PP(P=S)P=S=S=S=S=S=S=S=S. The largest absolute Gasteiger partial charge is 0.400 e. The number of rotatable bonds is 9. The van der Waals surface area contributed by atoms with E-state index in [0.717, 1.165) is 137 Å². The van der Waals surface area contributed by atoms with Gasteiger partial charge in [0, 0.05) is 153 Å². The zero-order valence-corrected chi connectivity index (χ0v) is 76.5. The Hall–Kier alpha value is -1.89. The fourth-order valence-corrected chi connectivity index (χ4v) is 49.2.